The Hall–Kier alpha value is -2.30. The summed E-state index contributed by atoms with van der Waals surface area (Å²) in [5, 5.41) is 4.45. The number of nitrogens with two attached hydrogens (primary N) is 1. The van der Waals surface area contributed by atoms with Gasteiger partial charge in [0.25, 0.3) is 0 Å². The fourth-order valence-corrected chi connectivity index (χ4v) is 2.41. The van der Waals surface area contributed by atoms with Crippen molar-refractivity contribution in [2.45, 2.75) is 20.3 Å². The summed E-state index contributed by atoms with van der Waals surface area (Å²) in [5.74, 6) is 0.668. The number of aromatic nitrogens is 4. The van der Waals surface area contributed by atoms with E-state index < -0.39 is 0 Å². The SMILES string of the molecule is CCc1nn(C)cc1-c1nc2c(C)cccn2c1N. The molecule has 0 aliphatic rings. The highest BCUT2D eigenvalue weighted by atomic mass is 15.3. The molecule has 0 spiro atoms. The van der Waals surface area contributed by atoms with E-state index >= 15 is 0 Å². The molecule has 3 aromatic heterocycles. The van der Waals surface area contributed by atoms with Crippen molar-refractivity contribution >= 4 is 11.5 Å². The van der Waals surface area contributed by atoms with Crippen LogP contribution >= 0.6 is 0 Å². The summed E-state index contributed by atoms with van der Waals surface area (Å²) >= 11 is 0. The maximum absolute atomic E-state index is 6.24. The first-order valence-electron chi connectivity index (χ1n) is 6.37. The van der Waals surface area contributed by atoms with E-state index in [9.17, 15) is 0 Å². The first-order chi connectivity index (χ1) is 9.11. The van der Waals surface area contributed by atoms with E-state index in [1.807, 2.05) is 47.6 Å². The van der Waals surface area contributed by atoms with Gasteiger partial charge in [-0.05, 0) is 25.0 Å². The third-order valence-corrected chi connectivity index (χ3v) is 3.38. The molecule has 3 aromatic rings. The zero-order chi connectivity index (χ0) is 13.6. The minimum Gasteiger partial charge on any atom is -0.383 e. The Morgan fingerprint density at radius 1 is 1.37 bits per heavy atom. The summed E-state index contributed by atoms with van der Waals surface area (Å²) in [6, 6.07) is 4.02. The molecule has 3 rings (SSSR count). The average molecular weight is 255 g/mol. The van der Waals surface area contributed by atoms with E-state index in [4.69, 9.17) is 5.73 Å². The number of hydrogen-bond acceptors (Lipinski definition) is 3. The predicted molar refractivity (Wildman–Crippen MR) is 75.9 cm³/mol. The highest BCUT2D eigenvalue weighted by molar-refractivity contribution is 5.76. The van der Waals surface area contributed by atoms with Crippen molar-refractivity contribution < 1.29 is 0 Å². The Labute approximate surface area is 111 Å². The second-order valence-electron chi connectivity index (χ2n) is 4.75. The smallest absolute Gasteiger partial charge is 0.142 e. The van der Waals surface area contributed by atoms with Crippen LogP contribution in [0.25, 0.3) is 16.9 Å². The van der Waals surface area contributed by atoms with Gasteiger partial charge in [0.05, 0.1) is 5.69 Å². The van der Waals surface area contributed by atoms with Gasteiger partial charge in [0.2, 0.25) is 0 Å². The average Bonchev–Trinajstić information content (AvgIpc) is 2.92. The molecule has 5 nitrogen and oxygen atoms in total. The van der Waals surface area contributed by atoms with Crippen LogP contribution in [-0.2, 0) is 13.5 Å². The number of imidazole rings is 1. The van der Waals surface area contributed by atoms with Crippen LogP contribution in [-0.4, -0.2) is 19.2 Å². The number of pyridine rings is 1. The highest BCUT2D eigenvalue weighted by Crippen LogP contribution is 2.29. The third-order valence-electron chi connectivity index (χ3n) is 3.38. The number of anilines is 1. The van der Waals surface area contributed by atoms with Gasteiger partial charge in [-0.3, -0.25) is 9.08 Å². The summed E-state index contributed by atoms with van der Waals surface area (Å²) in [5.41, 5.74) is 11.1. The lowest BCUT2D eigenvalue weighted by Crippen LogP contribution is -1.95. The van der Waals surface area contributed by atoms with Crippen molar-refractivity contribution in [1.29, 1.82) is 0 Å². The standard InChI is InChI=1S/C14H17N5/c1-4-11-10(8-18(3)17-11)12-13(15)19-7-5-6-9(2)14(19)16-12/h5-8H,4,15H2,1-3H3. The number of hydrogen-bond donors (Lipinski definition) is 1. The van der Waals surface area contributed by atoms with Gasteiger partial charge in [0.1, 0.15) is 17.2 Å². The normalized spacial score (nSPS) is 11.3. The van der Waals surface area contributed by atoms with E-state index in [0.29, 0.717) is 5.82 Å². The molecule has 0 fully saturated rings. The van der Waals surface area contributed by atoms with Crippen LogP contribution in [0, 0.1) is 6.92 Å². The number of rotatable bonds is 2. The maximum Gasteiger partial charge on any atom is 0.142 e. The number of nitrogens with zero attached hydrogens (tertiary/aromatic N) is 4. The first-order valence-corrected chi connectivity index (χ1v) is 6.37. The molecule has 3 heterocycles. The van der Waals surface area contributed by atoms with Gasteiger partial charge < -0.3 is 5.73 Å². The lowest BCUT2D eigenvalue weighted by atomic mass is 10.1. The zero-order valence-corrected chi connectivity index (χ0v) is 11.4. The van der Waals surface area contributed by atoms with Gasteiger partial charge in [-0.1, -0.05) is 13.0 Å². The molecule has 98 valence electrons. The lowest BCUT2D eigenvalue weighted by molar-refractivity contribution is 0.746. The monoisotopic (exact) mass is 255 g/mol. The maximum atomic E-state index is 6.24. The third kappa shape index (κ3) is 1.69. The Bertz CT molecular complexity index is 751. The minimum atomic E-state index is 0.668. The molecule has 0 atom stereocenters. The molecule has 0 aromatic carbocycles. The van der Waals surface area contributed by atoms with Gasteiger partial charge >= 0.3 is 0 Å². The van der Waals surface area contributed by atoms with Crippen LogP contribution in [0.4, 0.5) is 5.82 Å². The van der Waals surface area contributed by atoms with E-state index in [2.05, 4.69) is 17.0 Å². The lowest BCUT2D eigenvalue weighted by Gasteiger charge is -1.98. The summed E-state index contributed by atoms with van der Waals surface area (Å²) in [6.45, 7) is 4.12. The highest BCUT2D eigenvalue weighted by Gasteiger charge is 2.17. The van der Waals surface area contributed by atoms with E-state index in [1.165, 1.54) is 0 Å². The second kappa shape index (κ2) is 4.12. The van der Waals surface area contributed by atoms with Crippen LogP contribution in [0.2, 0.25) is 0 Å². The molecule has 0 radical (unpaired) electrons. The van der Waals surface area contributed by atoms with Crippen LogP contribution < -0.4 is 5.73 Å². The predicted octanol–water partition coefficient (Wildman–Crippen LogP) is 2.19. The van der Waals surface area contributed by atoms with E-state index in [-0.39, 0.29) is 0 Å². The Morgan fingerprint density at radius 2 is 2.16 bits per heavy atom. The molecule has 0 amide bonds. The van der Waals surface area contributed by atoms with Gasteiger partial charge in [0.15, 0.2) is 0 Å². The van der Waals surface area contributed by atoms with Crippen molar-refractivity contribution in [2.75, 3.05) is 5.73 Å². The second-order valence-corrected chi connectivity index (χ2v) is 4.75. The Balaban J connectivity index is 2.31. The molecule has 0 saturated carbocycles. The van der Waals surface area contributed by atoms with Crippen LogP contribution in [0.5, 0.6) is 0 Å². The molecule has 0 unspecified atom stereocenters. The molecule has 0 aliphatic carbocycles. The van der Waals surface area contributed by atoms with E-state index in [1.54, 1.807) is 0 Å². The van der Waals surface area contributed by atoms with Crippen molar-refractivity contribution in [3.63, 3.8) is 0 Å². The molecule has 2 N–H and O–H groups in total. The van der Waals surface area contributed by atoms with Gasteiger partial charge in [-0.15, -0.1) is 0 Å². The number of nitrogen functional groups attached to an aromatic ring is 1. The summed E-state index contributed by atoms with van der Waals surface area (Å²) in [7, 11) is 1.92. The fourth-order valence-electron chi connectivity index (χ4n) is 2.41. The van der Waals surface area contributed by atoms with Gasteiger partial charge in [-0.25, -0.2) is 4.98 Å². The minimum absolute atomic E-state index is 0.668. The largest absolute Gasteiger partial charge is 0.383 e. The van der Waals surface area contributed by atoms with Gasteiger partial charge in [-0.2, -0.15) is 5.10 Å². The van der Waals surface area contributed by atoms with Gasteiger partial charge in [0, 0.05) is 25.0 Å². The van der Waals surface area contributed by atoms with Crippen molar-refractivity contribution in [3.8, 4) is 11.3 Å². The molecular weight excluding hydrogens is 238 g/mol. The number of fused-ring (bicyclic) bond motifs is 1. The molecule has 19 heavy (non-hydrogen) atoms. The molecule has 0 aliphatic heterocycles. The number of aryl methyl sites for hydroxylation is 3. The summed E-state index contributed by atoms with van der Waals surface area (Å²) in [4.78, 5) is 4.69. The molecular formula is C14H17N5. The van der Waals surface area contributed by atoms with E-state index in [0.717, 1.165) is 34.6 Å². The Kier molecular flexibility index (Phi) is 2.55. The summed E-state index contributed by atoms with van der Waals surface area (Å²) in [6.07, 6.45) is 4.78. The quantitative estimate of drug-likeness (QED) is 0.763. The molecule has 0 saturated heterocycles. The first kappa shape index (κ1) is 11.8. The zero-order valence-electron chi connectivity index (χ0n) is 11.4. The van der Waals surface area contributed by atoms with Crippen LogP contribution in [0.1, 0.15) is 18.2 Å². The van der Waals surface area contributed by atoms with Crippen LogP contribution in [0.15, 0.2) is 24.5 Å². The van der Waals surface area contributed by atoms with Crippen molar-refractivity contribution in [1.82, 2.24) is 19.2 Å². The molecule has 0 bridgehead atoms. The summed E-state index contributed by atoms with van der Waals surface area (Å²) < 4.78 is 3.74. The van der Waals surface area contributed by atoms with Crippen molar-refractivity contribution in [2.24, 2.45) is 7.05 Å². The van der Waals surface area contributed by atoms with Crippen LogP contribution in [0.3, 0.4) is 0 Å². The van der Waals surface area contributed by atoms with Crippen molar-refractivity contribution in [3.05, 3.63) is 35.8 Å². The topological polar surface area (TPSA) is 61.1 Å². The fraction of sp³-hybridized carbons (Fsp3) is 0.286. The Morgan fingerprint density at radius 3 is 2.84 bits per heavy atom. The molecule has 5 heteroatoms.